The minimum absolute atomic E-state index is 0. The van der Waals surface area contributed by atoms with E-state index in [1.807, 2.05) is 29.1 Å². The van der Waals surface area contributed by atoms with Crippen LogP contribution in [0.5, 0.6) is 5.75 Å². The molecule has 0 spiro atoms. The molecule has 160 valence electrons. The van der Waals surface area contributed by atoms with Gasteiger partial charge in [-0.2, -0.15) is 5.10 Å². The molecule has 0 radical (unpaired) electrons. The Morgan fingerprint density at radius 3 is 2.60 bits per heavy atom. The smallest absolute Gasteiger partial charge is 0.191 e. The van der Waals surface area contributed by atoms with Crippen LogP contribution in [0.3, 0.4) is 0 Å². The number of halogens is 1. The molecule has 0 bridgehead atoms. The summed E-state index contributed by atoms with van der Waals surface area (Å²) in [6.07, 6.45) is 4.85. The Bertz CT molecular complexity index is 940. The summed E-state index contributed by atoms with van der Waals surface area (Å²) in [5.74, 6) is 1.71. The number of guanidine groups is 1. The third-order valence-electron chi connectivity index (χ3n) is 4.74. The predicted molar refractivity (Wildman–Crippen MR) is 133 cm³/mol. The summed E-state index contributed by atoms with van der Waals surface area (Å²) in [7, 11) is 3.49. The van der Waals surface area contributed by atoms with Gasteiger partial charge in [-0.1, -0.05) is 42.5 Å². The minimum Gasteiger partial charge on any atom is -0.496 e. The first kappa shape index (κ1) is 23.7. The lowest BCUT2D eigenvalue weighted by Crippen LogP contribution is -2.37. The Balaban J connectivity index is 0.00000320. The molecule has 3 rings (SSSR count). The number of ether oxygens (including phenoxy) is 1. The van der Waals surface area contributed by atoms with E-state index in [1.165, 1.54) is 11.1 Å². The number of rotatable bonds is 8. The van der Waals surface area contributed by atoms with Gasteiger partial charge < -0.3 is 15.4 Å². The Kier molecular flexibility index (Phi) is 9.66. The summed E-state index contributed by atoms with van der Waals surface area (Å²) in [6.45, 7) is 4.29. The number of nitrogens with one attached hydrogen (secondary N) is 2. The molecule has 0 aliphatic carbocycles. The molecule has 0 fully saturated rings. The van der Waals surface area contributed by atoms with Gasteiger partial charge in [-0.3, -0.25) is 9.67 Å². The molecule has 1 aromatic heterocycles. The van der Waals surface area contributed by atoms with Crippen molar-refractivity contribution in [3.63, 3.8) is 0 Å². The maximum atomic E-state index is 5.40. The third kappa shape index (κ3) is 7.05. The first-order valence-electron chi connectivity index (χ1n) is 9.81. The van der Waals surface area contributed by atoms with Gasteiger partial charge >= 0.3 is 0 Å². The van der Waals surface area contributed by atoms with Crippen molar-refractivity contribution in [1.29, 1.82) is 0 Å². The molecule has 0 saturated heterocycles. The SMILES string of the molecule is CN=C(NCCc1ccc(C)c(OC)c1)NCc1cnn(Cc2ccccc2)c1.I. The molecule has 1 heterocycles. The van der Waals surface area contributed by atoms with Crippen LogP contribution in [0.2, 0.25) is 0 Å². The highest BCUT2D eigenvalue weighted by atomic mass is 127. The first-order chi connectivity index (χ1) is 14.2. The number of aryl methyl sites for hydroxylation is 1. The van der Waals surface area contributed by atoms with Gasteiger partial charge in [0.1, 0.15) is 5.75 Å². The fourth-order valence-corrected chi connectivity index (χ4v) is 3.11. The summed E-state index contributed by atoms with van der Waals surface area (Å²) in [6, 6.07) is 16.6. The fraction of sp³-hybridized carbons (Fsp3) is 0.304. The molecule has 3 aromatic rings. The molecule has 6 nitrogen and oxygen atoms in total. The van der Waals surface area contributed by atoms with E-state index in [1.54, 1.807) is 14.2 Å². The Morgan fingerprint density at radius 1 is 1.07 bits per heavy atom. The van der Waals surface area contributed by atoms with Crippen LogP contribution in [-0.4, -0.2) is 36.4 Å². The molecule has 0 aliphatic rings. The van der Waals surface area contributed by atoms with Crippen LogP contribution in [0.1, 0.15) is 22.3 Å². The summed E-state index contributed by atoms with van der Waals surface area (Å²) in [5.41, 5.74) is 4.74. The van der Waals surface area contributed by atoms with Crippen LogP contribution in [-0.2, 0) is 19.5 Å². The van der Waals surface area contributed by atoms with Gasteiger partial charge in [-0.25, -0.2) is 0 Å². The maximum absolute atomic E-state index is 5.40. The van der Waals surface area contributed by atoms with Crippen LogP contribution < -0.4 is 15.4 Å². The van der Waals surface area contributed by atoms with E-state index in [2.05, 4.69) is 64.2 Å². The molecule has 0 unspecified atom stereocenters. The van der Waals surface area contributed by atoms with Gasteiger partial charge in [0.25, 0.3) is 0 Å². The molecule has 0 atom stereocenters. The van der Waals surface area contributed by atoms with Gasteiger partial charge in [0.2, 0.25) is 0 Å². The van der Waals surface area contributed by atoms with Crippen molar-refractivity contribution in [2.45, 2.75) is 26.4 Å². The van der Waals surface area contributed by atoms with Crippen molar-refractivity contribution in [1.82, 2.24) is 20.4 Å². The number of aliphatic imine (C=N–C) groups is 1. The molecule has 2 aromatic carbocycles. The molecule has 0 amide bonds. The second-order valence-electron chi connectivity index (χ2n) is 6.94. The van der Waals surface area contributed by atoms with Crippen LogP contribution in [0.4, 0.5) is 0 Å². The normalized spacial score (nSPS) is 11.0. The van der Waals surface area contributed by atoms with Crippen LogP contribution in [0, 0.1) is 6.92 Å². The fourth-order valence-electron chi connectivity index (χ4n) is 3.11. The second kappa shape index (κ2) is 12.2. The van der Waals surface area contributed by atoms with Gasteiger partial charge in [0, 0.05) is 31.9 Å². The number of aromatic nitrogens is 2. The first-order valence-corrected chi connectivity index (χ1v) is 9.81. The van der Waals surface area contributed by atoms with Gasteiger partial charge in [-0.15, -0.1) is 24.0 Å². The maximum Gasteiger partial charge on any atom is 0.191 e. The summed E-state index contributed by atoms with van der Waals surface area (Å²) < 4.78 is 7.35. The van der Waals surface area contributed by atoms with E-state index in [-0.39, 0.29) is 24.0 Å². The summed E-state index contributed by atoms with van der Waals surface area (Å²) in [4.78, 5) is 4.30. The average molecular weight is 519 g/mol. The zero-order chi connectivity index (χ0) is 20.5. The Morgan fingerprint density at radius 2 is 1.87 bits per heavy atom. The lowest BCUT2D eigenvalue weighted by molar-refractivity contribution is 0.411. The standard InChI is InChI=1S/C23H29N5O.HI/c1-18-9-10-19(13-22(18)29-3)11-12-25-23(24-2)26-14-21-15-27-28(17-21)16-20-7-5-4-6-8-20;/h4-10,13,15,17H,11-12,14,16H2,1-3H3,(H2,24,25,26);1H. The molecule has 30 heavy (non-hydrogen) atoms. The number of nitrogens with zero attached hydrogens (tertiary/aromatic N) is 3. The van der Waals surface area contributed by atoms with E-state index in [4.69, 9.17) is 4.74 Å². The molecular formula is C23H30IN5O. The number of hydrogen-bond acceptors (Lipinski definition) is 3. The topological polar surface area (TPSA) is 63.5 Å². The predicted octanol–water partition coefficient (Wildman–Crippen LogP) is 3.77. The van der Waals surface area contributed by atoms with Crippen molar-refractivity contribution in [3.05, 3.63) is 83.2 Å². The second-order valence-corrected chi connectivity index (χ2v) is 6.94. The lowest BCUT2D eigenvalue weighted by atomic mass is 10.1. The highest BCUT2D eigenvalue weighted by Crippen LogP contribution is 2.19. The van der Waals surface area contributed by atoms with E-state index in [0.29, 0.717) is 6.54 Å². The van der Waals surface area contributed by atoms with Crippen LogP contribution >= 0.6 is 24.0 Å². The minimum atomic E-state index is 0. The lowest BCUT2D eigenvalue weighted by Gasteiger charge is -2.12. The third-order valence-corrected chi connectivity index (χ3v) is 4.74. The monoisotopic (exact) mass is 519 g/mol. The van der Waals surface area contributed by atoms with Gasteiger partial charge in [0.15, 0.2) is 5.96 Å². The number of benzene rings is 2. The zero-order valence-electron chi connectivity index (χ0n) is 17.8. The molecule has 7 heteroatoms. The molecule has 0 saturated carbocycles. The van der Waals surface area contributed by atoms with E-state index < -0.39 is 0 Å². The highest BCUT2D eigenvalue weighted by molar-refractivity contribution is 14.0. The highest BCUT2D eigenvalue weighted by Gasteiger charge is 2.04. The Hall–Kier alpha value is -2.55. The summed E-state index contributed by atoms with van der Waals surface area (Å²) >= 11 is 0. The average Bonchev–Trinajstić information content (AvgIpc) is 3.19. The van der Waals surface area contributed by atoms with Crippen molar-refractivity contribution in [2.24, 2.45) is 4.99 Å². The molecular weight excluding hydrogens is 489 g/mol. The molecule has 0 aliphatic heterocycles. The van der Waals surface area contributed by atoms with Crippen LogP contribution in [0.15, 0.2) is 65.9 Å². The molecule has 2 N–H and O–H groups in total. The number of hydrogen-bond donors (Lipinski definition) is 2. The van der Waals surface area contributed by atoms with Gasteiger partial charge in [-0.05, 0) is 36.1 Å². The number of methoxy groups -OCH3 is 1. The zero-order valence-corrected chi connectivity index (χ0v) is 20.1. The van der Waals surface area contributed by atoms with Crippen molar-refractivity contribution >= 4 is 29.9 Å². The van der Waals surface area contributed by atoms with Gasteiger partial charge in [0.05, 0.1) is 19.9 Å². The quantitative estimate of drug-likeness (QED) is 0.270. The Labute approximate surface area is 195 Å². The van der Waals surface area contributed by atoms with E-state index in [9.17, 15) is 0 Å². The van der Waals surface area contributed by atoms with Crippen molar-refractivity contribution < 1.29 is 4.74 Å². The van der Waals surface area contributed by atoms with E-state index >= 15 is 0 Å². The van der Waals surface area contributed by atoms with Crippen molar-refractivity contribution in [2.75, 3.05) is 20.7 Å². The van der Waals surface area contributed by atoms with Crippen LogP contribution in [0.25, 0.3) is 0 Å². The van der Waals surface area contributed by atoms with Crippen molar-refractivity contribution in [3.8, 4) is 5.75 Å². The largest absolute Gasteiger partial charge is 0.496 e. The van der Waals surface area contributed by atoms with E-state index in [0.717, 1.165) is 42.3 Å². The summed E-state index contributed by atoms with van der Waals surface area (Å²) in [5, 5.41) is 11.1.